The highest BCUT2D eigenvalue weighted by atomic mass is 19.1. The van der Waals surface area contributed by atoms with Crippen LogP contribution in [0.1, 0.15) is 21.6 Å². The van der Waals surface area contributed by atoms with Crippen molar-refractivity contribution in [3.63, 3.8) is 0 Å². The Kier molecular flexibility index (Phi) is 5.38. The smallest absolute Gasteiger partial charge is 0.274 e. The van der Waals surface area contributed by atoms with Gasteiger partial charge in [-0.15, -0.1) is 0 Å². The van der Waals surface area contributed by atoms with Crippen molar-refractivity contribution in [3.05, 3.63) is 95.7 Å². The molecule has 2 aromatic carbocycles. The number of carbonyl (C=O) groups is 2. The molecule has 1 N–H and O–H groups in total. The van der Waals surface area contributed by atoms with E-state index in [-0.39, 0.29) is 17.6 Å². The third kappa shape index (κ3) is 4.22. The number of rotatable bonds is 4. The summed E-state index contributed by atoms with van der Waals surface area (Å²) >= 11 is 0. The van der Waals surface area contributed by atoms with Gasteiger partial charge >= 0.3 is 0 Å². The van der Waals surface area contributed by atoms with Crippen molar-refractivity contribution in [1.82, 2.24) is 19.6 Å². The Labute approximate surface area is 190 Å². The normalized spacial score (nSPS) is 16.1. The van der Waals surface area contributed by atoms with Crippen molar-refractivity contribution in [2.45, 2.75) is 19.4 Å². The van der Waals surface area contributed by atoms with Crippen LogP contribution in [0.4, 0.5) is 4.39 Å². The number of nitrogens with zero attached hydrogens (tertiary/aromatic N) is 3. The lowest BCUT2D eigenvalue weighted by Crippen LogP contribution is -2.58. The summed E-state index contributed by atoms with van der Waals surface area (Å²) in [5.41, 5.74) is 4.57. The van der Waals surface area contributed by atoms with Gasteiger partial charge in [0.15, 0.2) is 0 Å². The fourth-order valence-corrected chi connectivity index (χ4v) is 4.26. The molecule has 166 valence electrons. The van der Waals surface area contributed by atoms with E-state index in [4.69, 9.17) is 0 Å². The van der Waals surface area contributed by atoms with Crippen LogP contribution in [-0.4, -0.2) is 45.2 Å². The van der Waals surface area contributed by atoms with Gasteiger partial charge in [-0.05, 0) is 53.4 Å². The molecule has 1 atom stereocenters. The quantitative estimate of drug-likeness (QED) is 0.525. The number of imidazole rings is 1. The van der Waals surface area contributed by atoms with E-state index in [0.29, 0.717) is 30.9 Å². The fourth-order valence-electron chi connectivity index (χ4n) is 4.26. The molecule has 0 saturated carbocycles. The number of nitrogens with one attached hydrogen (secondary N) is 1. The van der Waals surface area contributed by atoms with Gasteiger partial charge in [0.05, 0.1) is 0 Å². The second-order valence-corrected chi connectivity index (χ2v) is 8.32. The van der Waals surface area contributed by atoms with Gasteiger partial charge in [-0.3, -0.25) is 9.59 Å². The molecule has 1 fully saturated rings. The number of piperazine rings is 1. The Balaban J connectivity index is 1.43. The number of aromatic nitrogens is 2. The van der Waals surface area contributed by atoms with Gasteiger partial charge in [-0.25, -0.2) is 9.37 Å². The summed E-state index contributed by atoms with van der Waals surface area (Å²) in [5, 5.41) is 2.87. The minimum atomic E-state index is -0.652. The molecule has 1 saturated heterocycles. The molecule has 7 heteroatoms. The lowest BCUT2D eigenvalue weighted by molar-refractivity contribution is -0.127. The minimum Gasteiger partial charge on any atom is -0.353 e. The summed E-state index contributed by atoms with van der Waals surface area (Å²) in [6, 6.07) is 17.2. The number of halogens is 1. The fraction of sp³-hybridized carbons (Fsp3) is 0.192. The first-order valence-electron chi connectivity index (χ1n) is 10.9. The van der Waals surface area contributed by atoms with Gasteiger partial charge in [0, 0.05) is 31.9 Å². The predicted octanol–water partition coefficient (Wildman–Crippen LogP) is 3.63. The first-order chi connectivity index (χ1) is 16.0. The molecule has 4 aromatic rings. The van der Waals surface area contributed by atoms with E-state index >= 15 is 0 Å². The van der Waals surface area contributed by atoms with E-state index in [1.165, 1.54) is 12.1 Å². The van der Waals surface area contributed by atoms with E-state index in [1.54, 1.807) is 17.2 Å². The average Bonchev–Trinajstić information content (AvgIpc) is 3.23. The maximum atomic E-state index is 13.7. The van der Waals surface area contributed by atoms with E-state index in [2.05, 4.69) is 10.3 Å². The van der Waals surface area contributed by atoms with E-state index in [1.807, 2.05) is 60.0 Å². The van der Waals surface area contributed by atoms with Gasteiger partial charge in [0.25, 0.3) is 5.91 Å². The lowest BCUT2D eigenvalue weighted by Gasteiger charge is -2.34. The monoisotopic (exact) mass is 442 g/mol. The molecule has 2 aromatic heterocycles. The Bertz CT molecular complexity index is 1360. The zero-order valence-corrected chi connectivity index (χ0v) is 18.2. The molecule has 1 aliphatic heterocycles. The first-order valence-corrected chi connectivity index (χ1v) is 10.9. The largest absolute Gasteiger partial charge is 0.353 e. The highest BCUT2D eigenvalue weighted by molar-refractivity contribution is 5.97. The van der Waals surface area contributed by atoms with Crippen LogP contribution in [0.5, 0.6) is 0 Å². The third-order valence-corrected chi connectivity index (χ3v) is 5.94. The molecule has 0 aliphatic carbocycles. The van der Waals surface area contributed by atoms with Crippen LogP contribution < -0.4 is 5.32 Å². The molecule has 2 amide bonds. The number of carbonyl (C=O) groups excluding carboxylic acids is 2. The molecule has 1 aliphatic rings. The zero-order valence-electron chi connectivity index (χ0n) is 18.2. The van der Waals surface area contributed by atoms with Crippen LogP contribution in [-0.2, 0) is 11.2 Å². The maximum absolute atomic E-state index is 13.7. The second kappa shape index (κ2) is 8.50. The highest BCUT2D eigenvalue weighted by Gasteiger charge is 2.34. The number of aryl methyl sites for hydroxylation is 1. The molecular weight excluding hydrogens is 419 g/mol. The summed E-state index contributed by atoms with van der Waals surface area (Å²) in [6.07, 6.45) is 3.92. The van der Waals surface area contributed by atoms with Crippen molar-refractivity contribution in [1.29, 1.82) is 0 Å². The van der Waals surface area contributed by atoms with E-state index in [0.717, 1.165) is 22.3 Å². The number of amides is 2. The van der Waals surface area contributed by atoms with E-state index < -0.39 is 6.04 Å². The standard InChI is InChI=1S/C26H23FN4O2/c1-17-8-10-30-16-22(29-24(30)12-17)26(33)31-11-9-28-25(32)23(31)14-18-4-2-5-19(13-18)20-6-3-7-21(27)15-20/h2-8,10,12-13,15-16,23H,9,11,14H2,1H3,(H,28,32)/t23-/m1/s1. The number of benzene rings is 2. The lowest BCUT2D eigenvalue weighted by atomic mass is 9.97. The summed E-state index contributed by atoms with van der Waals surface area (Å²) in [6.45, 7) is 2.78. The zero-order chi connectivity index (χ0) is 22.9. The van der Waals surface area contributed by atoms with Crippen molar-refractivity contribution in [2.24, 2.45) is 0 Å². The molecule has 3 heterocycles. The van der Waals surface area contributed by atoms with Crippen molar-refractivity contribution >= 4 is 17.5 Å². The molecule has 5 rings (SSSR count). The maximum Gasteiger partial charge on any atom is 0.274 e. The average molecular weight is 442 g/mol. The first kappa shape index (κ1) is 20.9. The van der Waals surface area contributed by atoms with Crippen LogP contribution in [0.25, 0.3) is 16.8 Å². The van der Waals surface area contributed by atoms with Gasteiger partial charge < -0.3 is 14.6 Å². The molecule has 0 radical (unpaired) electrons. The van der Waals surface area contributed by atoms with Crippen molar-refractivity contribution < 1.29 is 14.0 Å². The number of hydrogen-bond donors (Lipinski definition) is 1. The number of hydrogen-bond acceptors (Lipinski definition) is 3. The van der Waals surface area contributed by atoms with Gasteiger partial charge in [-0.1, -0.05) is 36.4 Å². The Morgan fingerprint density at radius 2 is 1.91 bits per heavy atom. The Morgan fingerprint density at radius 3 is 2.73 bits per heavy atom. The SMILES string of the molecule is Cc1ccn2cc(C(=O)N3CCNC(=O)[C@H]3Cc3cccc(-c4cccc(F)c4)c3)nc2c1. The third-order valence-electron chi connectivity index (χ3n) is 5.94. The van der Waals surface area contributed by atoms with Crippen molar-refractivity contribution in [3.8, 4) is 11.1 Å². The second-order valence-electron chi connectivity index (χ2n) is 8.32. The summed E-state index contributed by atoms with van der Waals surface area (Å²) in [4.78, 5) is 32.2. The van der Waals surface area contributed by atoms with Crippen molar-refractivity contribution in [2.75, 3.05) is 13.1 Å². The topological polar surface area (TPSA) is 66.7 Å². The van der Waals surface area contributed by atoms with Gasteiger partial charge in [0.2, 0.25) is 5.91 Å². The molecule has 6 nitrogen and oxygen atoms in total. The van der Waals surface area contributed by atoms with Crippen LogP contribution in [0.15, 0.2) is 73.1 Å². The number of pyridine rings is 1. The molecular formula is C26H23FN4O2. The molecule has 0 spiro atoms. The van der Waals surface area contributed by atoms with E-state index in [9.17, 15) is 14.0 Å². The minimum absolute atomic E-state index is 0.189. The summed E-state index contributed by atoms with van der Waals surface area (Å²) in [5.74, 6) is -0.758. The predicted molar refractivity (Wildman–Crippen MR) is 123 cm³/mol. The van der Waals surface area contributed by atoms with Crippen LogP contribution in [0, 0.1) is 12.7 Å². The molecule has 0 unspecified atom stereocenters. The Morgan fingerprint density at radius 1 is 1.12 bits per heavy atom. The Hall–Kier alpha value is -4.00. The van der Waals surface area contributed by atoms with Crippen LogP contribution in [0.3, 0.4) is 0 Å². The number of fused-ring (bicyclic) bond motifs is 1. The van der Waals surface area contributed by atoms with Gasteiger partial charge in [-0.2, -0.15) is 0 Å². The highest BCUT2D eigenvalue weighted by Crippen LogP contribution is 2.23. The summed E-state index contributed by atoms with van der Waals surface area (Å²) < 4.78 is 15.5. The van der Waals surface area contributed by atoms with Gasteiger partial charge in [0.1, 0.15) is 23.2 Å². The van der Waals surface area contributed by atoms with Crippen LogP contribution >= 0.6 is 0 Å². The summed E-state index contributed by atoms with van der Waals surface area (Å²) in [7, 11) is 0. The molecule has 0 bridgehead atoms. The van der Waals surface area contributed by atoms with Crippen LogP contribution in [0.2, 0.25) is 0 Å². The molecule has 33 heavy (non-hydrogen) atoms.